The van der Waals surface area contributed by atoms with Crippen molar-refractivity contribution in [1.29, 1.82) is 0 Å². The molecule has 1 aromatic carbocycles. The summed E-state index contributed by atoms with van der Waals surface area (Å²) in [7, 11) is 0. The molecule has 5 aliphatic rings. The molecule has 0 saturated heterocycles. The van der Waals surface area contributed by atoms with Crippen LogP contribution in [0.2, 0.25) is 0 Å². The number of Topliss-reactive ketones (excluding diaryl/α,β-unsaturated/α-hetero) is 1. The maximum atomic E-state index is 14.0. The Morgan fingerprint density at radius 2 is 1.56 bits per heavy atom. The molecule has 0 spiro atoms. The first-order chi connectivity index (χ1) is 23.7. The summed E-state index contributed by atoms with van der Waals surface area (Å²) >= 11 is 0. The molecule has 0 radical (unpaired) electrons. The number of rotatable bonds is 9. The third-order valence-corrected chi connectivity index (χ3v) is 15.4. The molecule has 0 heterocycles. The minimum Gasteiger partial charge on any atom is -0.542 e. The second-order valence-corrected chi connectivity index (χ2v) is 19.6. The zero-order valence-electron chi connectivity index (χ0n) is 33.8. The number of aliphatic carboxylic acids is 1. The van der Waals surface area contributed by atoms with Crippen LogP contribution in [0.3, 0.4) is 0 Å². The Bertz CT molecular complexity index is 1520. The molecule has 0 bridgehead atoms. The molecule has 8 atom stereocenters. The number of allylic oxidation sites excluding steroid dienone is 2. The molecule has 2 N–H and O–H groups in total. The van der Waals surface area contributed by atoms with Crippen molar-refractivity contribution in [2.24, 2.45) is 62.1 Å². The summed E-state index contributed by atoms with van der Waals surface area (Å²) < 4.78 is 13.4. The standard InChI is InChI=1S/C39H57FNO.C6H9O3.U/c1-25(2)33-29(42)22-39(26(3)23-41-24-27-10-12-28(40)13-11-27)21-16-32-37(7)19-14-30-35(4,5)17-9-18-36(30,6)31(37)15-20-38(32,8)34(33)39;1-6(2,3-4-7)5(8)9;/h10-13,17,25-26,30-32,41H,9,14-16,18-24H2,1-8H3;3H2,1-2H3,(H,8,9);/q2*-1;+2. The quantitative estimate of drug-likeness (QED) is 0.241. The molecule has 7 heteroatoms. The molecular weight excluding hydrogens is 876 g/mol. The maximum Gasteiger partial charge on any atom is 2.00 e. The first-order valence-corrected chi connectivity index (χ1v) is 19.9. The van der Waals surface area contributed by atoms with Crippen LogP contribution in [0, 0.1) is 105 Å². The predicted octanol–water partition coefficient (Wildman–Crippen LogP) is 10.3. The molecule has 0 aromatic heterocycles. The molecule has 52 heavy (non-hydrogen) atoms. The van der Waals surface area contributed by atoms with Gasteiger partial charge in [-0.25, -0.2) is 4.39 Å². The Labute approximate surface area is 338 Å². The van der Waals surface area contributed by atoms with Crippen molar-refractivity contribution in [3.05, 3.63) is 53.2 Å². The Hall–Kier alpha value is -1.29. The molecule has 6 rings (SSSR count). The van der Waals surface area contributed by atoms with Gasteiger partial charge < -0.3 is 21.6 Å². The van der Waals surface area contributed by atoms with Crippen molar-refractivity contribution in [2.45, 2.75) is 140 Å². The summed E-state index contributed by atoms with van der Waals surface area (Å²) in [5.74, 6) is 2.14. The number of fused-ring (bicyclic) bond motifs is 7. The minimum absolute atomic E-state index is 0. The molecular formula is C45H66FNO4U. The van der Waals surface area contributed by atoms with Crippen molar-refractivity contribution < 1.29 is 55.0 Å². The molecule has 5 nitrogen and oxygen atoms in total. The average molecular weight is 942 g/mol. The van der Waals surface area contributed by atoms with Gasteiger partial charge in [0.15, 0.2) is 5.78 Å². The van der Waals surface area contributed by atoms with Crippen LogP contribution in [0.4, 0.5) is 4.39 Å². The largest absolute Gasteiger partial charge is 2.00 e. The van der Waals surface area contributed by atoms with Gasteiger partial charge >= 0.3 is 37.1 Å². The first-order valence-electron chi connectivity index (χ1n) is 19.9. The Kier molecular flexibility index (Phi) is 13.1. The van der Waals surface area contributed by atoms with Crippen LogP contribution in [-0.4, -0.2) is 29.7 Å². The van der Waals surface area contributed by atoms with Gasteiger partial charge in [0.25, 0.3) is 0 Å². The van der Waals surface area contributed by atoms with Gasteiger partial charge in [-0.05, 0) is 102 Å². The van der Waals surface area contributed by atoms with E-state index in [1.54, 1.807) is 24.0 Å². The number of hydrogen-bond acceptors (Lipinski definition) is 4. The molecule has 8 unspecified atom stereocenters. The SMILES string of the molecule is CC(C)(C[C-]=O)C(=O)O.CC(C)C1=C2C3(C)CCC4C5(C)CC[CH-]C(C)(C)C5CCC4(C)C3CCC2(C(C)CNCc2ccc(F)cc2)CC1=O.[U+2]. The molecule has 0 amide bonds. The number of carbonyl (C=O) groups is 2. The number of hydrogen-bond donors (Lipinski definition) is 2. The van der Waals surface area contributed by atoms with Gasteiger partial charge in [-0.3, -0.25) is 15.9 Å². The topological polar surface area (TPSA) is 83.5 Å². The Morgan fingerprint density at radius 3 is 2.13 bits per heavy atom. The minimum atomic E-state index is -0.967. The molecule has 4 saturated carbocycles. The van der Waals surface area contributed by atoms with Gasteiger partial charge in [-0.15, -0.1) is 6.42 Å². The second kappa shape index (κ2) is 15.7. The smallest absolute Gasteiger partial charge is 0.542 e. The van der Waals surface area contributed by atoms with E-state index < -0.39 is 11.4 Å². The van der Waals surface area contributed by atoms with Crippen LogP contribution < -0.4 is 5.32 Å². The van der Waals surface area contributed by atoms with E-state index in [1.165, 1.54) is 64.4 Å². The van der Waals surface area contributed by atoms with Gasteiger partial charge in [-0.1, -0.05) is 106 Å². The van der Waals surface area contributed by atoms with Gasteiger partial charge in [-0.2, -0.15) is 11.8 Å². The summed E-state index contributed by atoms with van der Waals surface area (Å²) in [4.78, 5) is 34.0. The van der Waals surface area contributed by atoms with Gasteiger partial charge in [0, 0.05) is 23.8 Å². The number of ketones is 1. The van der Waals surface area contributed by atoms with Crippen LogP contribution in [0.5, 0.6) is 0 Å². The summed E-state index contributed by atoms with van der Waals surface area (Å²) in [5.41, 5.74) is 4.08. The molecule has 4 fully saturated rings. The van der Waals surface area contributed by atoms with E-state index >= 15 is 0 Å². The van der Waals surface area contributed by atoms with Crippen LogP contribution in [0.25, 0.3) is 0 Å². The van der Waals surface area contributed by atoms with E-state index in [2.05, 4.69) is 67.1 Å². The fourth-order valence-electron chi connectivity index (χ4n) is 12.9. The van der Waals surface area contributed by atoms with Crippen molar-refractivity contribution in [2.75, 3.05) is 6.54 Å². The summed E-state index contributed by atoms with van der Waals surface area (Å²) in [6.07, 6.45) is 15.1. The third kappa shape index (κ3) is 7.49. The van der Waals surface area contributed by atoms with Crippen LogP contribution >= 0.6 is 0 Å². The molecule has 286 valence electrons. The fourth-order valence-corrected chi connectivity index (χ4v) is 12.9. The van der Waals surface area contributed by atoms with E-state index in [9.17, 15) is 18.8 Å². The predicted molar refractivity (Wildman–Crippen MR) is 203 cm³/mol. The second-order valence-electron chi connectivity index (χ2n) is 19.6. The first kappa shape index (κ1) is 43.4. The maximum absolute atomic E-state index is 14.0. The van der Waals surface area contributed by atoms with E-state index in [-0.39, 0.29) is 60.1 Å². The number of carbonyl (C=O) groups excluding carboxylic acids is 2. The van der Waals surface area contributed by atoms with Crippen molar-refractivity contribution in [3.63, 3.8) is 0 Å². The van der Waals surface area contributed by atoms with Crippen LogP contribution in [0.1, 0.15) is 139 Å². The summed E-state index contributed by atoms with van der Waals surface area (Å²) in [5, 5.41) is 12.1. The van der Waals surface area contributed by atoms with E-state index in [4.69, 9.17) is 5.11 Å². The Morgan fingerprint density at radius 1 is 0.962 bits per heavy atom. The number of nitrogens with one attached hydrogen (secondary N) is 1. The number of benzene rings is 1. The normalized spacial score (nSPS) is 35.5. The van der Waals surface area contributed by atoms with Crippen LogP contribution in [0.15, 0.2) is 35.4 Å². The van der Waals surface area contributed by atoms with E-state index in [0.717, 1.165) is 36.9 Å². The van der Waals surface area contributed by atoms with Crippen molar-refractivity contribution in [3.8, 4) is 0 Å². The molecule has 5 aliphatic carbocycles. The van der Waals surface area contributed by atoms with Gasteiger partial charge in [0.2, 0.25) is 0 Å². The Balaban J connectivity index is 0.000000537. The van der Waals surface area contributed by atoms with E-state index in [1.807, 2.05) is 12.1 Å². The number of halogens is 1. The molecule has 0 aliphatic heterocycles. The van der Waals surface area contributed by atoms with Crippen molar-refractivity contribution >= 4 is 18.0 Å². The number of carboxylic acid groups (broad SMARTS) is 1. The van der Waals surface area contributed by atoms with E-state index in [0.29, 0.717) is 40.3 Å². The van der Waals surface area contributed by atoms with Crippen molar-refractivity contribution in [1.82, 2.24) is 5.32 Å². The molecule has 1 aromatic rings. The number of carboxylic acids is 1. The fraction of sp³-hybridized carbons (Fsp3) is 0.733. The van der Waals surface area contributed by atoms with Crippen LogP contribution in [-0.2, 0) is 20.9 Å². The monoisotopic (exact) mass is 942 g/mol. The zero-order valence-corrected chi connectivity index (χ0v) is 38.0. The average Bonchev–Trinajstić information content (AvgIpc) is 3.36. The summed E-state index contributed by atoms with van der Waals surface area (Å²) in [6, 6.07) is 6.84. The summed E-state index contributed by atoms with van der Waals surface area (Å²) in [6.45, 7) is 24.5. The van der Waals surface area contributed by atoms with Gasteiger partial charge in [0.05, 0.1) is 0 Å². The van der Waals surface area contributed by atoms with Gasteiger partial charge in [0.1, 0.15) is 5.82 Å². The third-order valence-electron chi connectivity index (χ3n) is 15.4. The zero-order chi connectivity index (χ0) is 37.8.